The zero-order chi connectivity index (χ0) is 15.2. The maximum atomic E-state index is 12.9. The molecule has 0 aromatic heterocycles. The highest BCUT2D eigenvalue weighted by molar-refractivity contribution is 5.72. The van der Waals surface area contributed by atoms with E-state index >= 15 is 0 Å². The molecular weight excluding hydrogens is 271 g/mol. The minimum Gasteiger partial charge on any atom is -0.493 e. The Hall–Kier alpha value is -2.49. The van der Waals surface area contributed by atoms with E-state index in [0.29, 0.717) is 17.2 Å². The van der Waals surface area contributed by atoms with Crippen LogP contribution in [0.1, 0.15) is 11.1 Å². The van der Waals surface area contributed by atoms with Crippen LogP contribution in [-0.2, 0) is 0 Å². The zero-order valence-electron chi connectivity index (χ0n) is 12.2. The van der Waals surface area contributed by atoms with Gasteiger partial charge in [-0.15, -0.1) is 0 Å². The zero-order valence-corrected chi connectivity index (χ0v) is 12.2. The molecule has 0 amide bonds. The first kappa shape index (κ1) is 14.9. The van der Waals surface area contributed by atoms with Crippen LogP contribution in [0.4, 0.5) is 4.39 Å². The van der Waals surface area contributed by atoms with Crippen LogP contribution in [0.2, 0.25) is 0 Å². The van der Waals surface area contributed by atoms with Crippen molar-refractivity contribution in [1.82, 2.24) is 0 Å². The Morgan fingerprint density at radius 3 is 1.76 bits per heavy atom. The van der Waals surface area contributed by atoms with E-state index in [2.05, 4.69) is 0 Å². The summed E-state index contributed by atoms with van der Waals surface area (Å²) < 4.78 is 28.7. The number of rotatable bonds is 5. The van der Waals surface area contributed by atoms with Gasteiger partial charge in [0.2, 0.25) is 5.75 Å². The fourth-order valence-electron chi connectivity index (χ4n) is 1.96. The molecule has 0 unspecified atom stereocenters. The Labute approximate surface area is 123 Å². The third kappa shape index (κ3) is 3.54. The maximum Gasteiger partial charge on any atom is 0.203 e. The van der Waals surface area contributed by atoms with E-state index in [1.807, 2.05) is 24.3 Å². The lowest BCUT2D eigenvalue weighted by Gasteiger charge is -2.12. The van der Waals surface area contributed by atoms with Crippen LogP contribution < -0.4 is 14.2 Å². The smallest absolute Gasteiger partial charge is 0.203 e. The second-order valence-corrected chi connectivity index (χ2v) is 4.34. The molecule has 0 saturated carbocycles. The lowest BCUT2D eigenvalue weighted by molar-refractivity contribution is 0.324. The Morgan fingerprint density at radius 2 is 1.29 bits per heavy atom. The van der Waals surface area contributed by atoms with Gasteiger partial charge in [-0.2, -0.15) is 0 Å². The molecule has 0 spiro atoms. The summed E-state index contributed by atoms with van der Waals surface area (Å²) in [6.07, 6.45) is 3.79. The monoisotopic (exact) mass is 288 g/mol. The van der Waals surface area contributed by atoms with Crippen molar-refractivity contribution in [2.24, 2.45) is 0 Å². The topological polar surface area (TPSA) is 27.7 Å². The van der Waals surface area contributed by atoms with Gasteiger partial charge in [0.15, 0.2) is 11.5 Å². The SMILES string of the molecule is COc1cc(/C=C\c2ccc(F)cc2)cc(OC)c1OC. The Bertz CT molecular complexity index is 608. The number of ether oxygens (including phenoxy) is 3. The molecule has 2 aromatic rings. The van der Waals surface area contributed by atoms with E-state index in [-0.39, 0.29) is 5.82 Å². The molecule has 0 N–H and O–H groups in total. The quantitative estimate of drug-likeness (QED) is 0.778. The van der Waals surface area contributed by atoms with Crippen LogP contribution in [0.5, 0.6) is 17.2 Å². The van der Waals surface area contributed by atoms with Crippen molar-refractivity contribution in [2.45, 2.75) is 0 Å². The second kappa shape index (κ2) is 6.79. The van der Waals surface area contributed by atoms with Gasteiger partial charge in [0.25, 0.3) is 0 Å². The van der Waals surface area contributed by atoms with Crippen molar-refractivity contribution in [3.8, 4) is 17.2 Å². The van der Waals surface area contributed by atoms with Gasteiger partial charge < -0.3 is 14.2 Å². The summed E-state index contributed by atoms with van der Waals surface area (Å²) in [5, 5.41) is 0. The van der Waals surface area contributed by atoms with Crippen molar-refractivity contribution >= 4 is 12.2 Å². The predicted octanol–water partition coefficient (Wildman–Crippen LogP) is 4.02. The lowest BCUT2D eigenvalue weighted by atomic mass is 10.1. The summed E-state index contributed by atoms with van der Waals surface area (Å²) in [5.41, 5.74) is 1.80. The van der Waals surface area contributed by atoms with Crippen molar-refractivity contribution in [3.63, 3.8) is 0 Å². The standard InChI is InChI=1S/C17H17FO3/c1-19-15-10-13(11-16(20-2)17(15)21-3)5-4-12-6-8-14(18)9-7-12/h4-11H,1-3H3/b5-4-. The van der Waals surface area contributed by atoms with Crippen molar-refractivity contribution in [3.05, 3.63) is 53.3 Å². The second-order valence-electron chi connectivity index (χ2n) is 4.34. The largest absolute Gasteiger partial charge is 0.493 e. The van der Waals surface area contributed by atoms with Gasteiger partial charge in [-0.1, -0.05) is 24.3 Å². The molecule has 110 valence electrons. The number of benzene rings is 2. The molecule has 0 heterocycles. The number of hydrogen-bond acceptors (Lipinski definition) is 3. The lowest BCUT2D eigenvalue weighted by Crippen LogP contribution is -1.95. The molecule has 21 heavy (non-hydrogen) atoms. The molecule has 0 atom stereocenters. The van der Waals surface area contributed by atoms with Crippen molar-refractivity contribution < 1.29 is 18.6 Å². The first-order valence-corrected chi connectivity index (χ1v) is 6.41. The maximum absolute atomic E-state index is 12.9. The molecule has 0 fully saturated rings. The average molecular weight is 288 g/mol. The number of methoxy groups -OCH3 is 3. The van der Waals surface area contributed by atoms with E-state index in [4.69, 9.17) is 14.2 Å². The summed E-state index contributed by atoms with van der Waals surface area (Å²) in [5.74, 6) is 1.49. The normalized spacial score (nSPS) is 10.7. The summed E-state index contributed by atoms with van der Waals surface area (Å²) in [7, 11) is 4.71. The van der Waals surface area contributed by atoms with Crippen molar-refractivity contribution in [2.75, 3.05) is 21.3 Å². The fraction of sp³-hybridized carbons (Fsp3) is 0.176. The molecule has 0 aliphatic carbocycles. The molecular formula is C17H17FO3. The number of hydrogen-bond donors (Lipinski definition) is 0. The highest BCUT2D eigenvalue weighted by Crippen LogP contribution is 2.38. The summed E-state index contributed by atoms with van der Waals surface area (Å²) in [4.78, 5) is 0. The van der Waals surface area contributed by atoms with E-state index < -0.39 is 0 Å². The Morgan fingerprint density at radius 1 is 0.762 bits per heavy atom. The third-order valence-electron chi connectivity index (χ3n) is 3.03. The first-order chi connectivity index (χ1) is 10.2. The van der Waals surface area contributed by atoms with E-state index in [0.717, 1.165) is 11.1 Å². The predicted molar refractivity (Wildman–Crippen MR) is 81.4 cm³/mol. The van der Waals surface area contributed by atoms with Crippen molar-refractivity contribution in [1.29, 1.82) is 0 Å². The van der Waals surface area contributed by atoms with Crippen LogP contribution in [0.3, 0.4) is 0 Å². The summed E-state index contributed by atoms with van der Waals surface area (Å²) >= 11 is 0. The van der Waals surface area contributed by atoms with Gasteiger partial charge >= 0.3 is 0 Å². The summed E-state index contributed by atoms with van der Waals surface area (Å²) in [6.45, 7) is 0. The molecule has 0 bridgehead atoms. The van der Waals surface area contributed by atoms with Crippen LogP contribution in [-0.4, -0.2) is 21.3 Å². The van der Waals surface area contributed by atoms with E-state index in [9.17, 15) is 4.39 Å². The molecule has 3 nitrogen and oxygen atoms in total. The third-order valence-corrected chi connectivity index (χ3v) is 3.03. The van der Waals surface area contributed by atoms with E-state index in [1.165, 1.54) is 12.1 Å². The molecule has 0 saturated heterocycles. The highest BCUT2D eigenvalue weighted by atomic mass is 19.1. The molecule has 0 aliphatic rings. The van der Waals surface area contributed by atoms with Crippen LogP contribution in [0.15, 0.2) is 36.4 Å². The molecule has 4 heteroatoms. The average Bonchev–Trinajstić information content (AvgIpc) is 2.53. The van der Waals surface area contributed by atoms with Gasteiger partial charge in [0.1, 0.15) is 5.82 Å². The minimum atomic E-state index is -0.250. The van der Waals surface area contributed by atoms with Gasteiger partial charge in [0.05, 0.1) is 21.3 Å². The van der Waals surface area contributed by atoms with E-state index in [1.54, 1.807) is 33.5 Å². The molecule has 2 rings (SSSR count). The Kier molecular flexibility index (Phi) is 4.82. The Balaban J connectivity index is 2.33. The minimum absolute atomic E-state index is 0.250. The van der Waals surface area contributed by atoms with Gasteiger partial charge in [0, 0.05) is 0 Å². The van der Waals surface area contributed by atoms with Gasteiger partial charge in [-0.25, -0.2) is 4.39 Å². The molecule has 0 radical (unpaired) electrons. The van der Waals surface area contributed by atoms with Gasteiger partial charge in [-0.3, -0.25) is 0 Å². The van der Waals surface area contributed by atoms with Gasteiger partial charge in [-0.05, 0) is 35.4 Å². The summed E-state index contributed by atoms with van der Waals surface area (Å²) in [6, 6.07) is 9.97. The fourth-order valence-corrected chi connectivity index (χ4v) is 1.96. The highest BCUT2D eigenvalue weighted by Gasteiger charge is 2.11. The number of halogens is 1. The molecule has 2 aromatic carbocycles. The van der Waals surface area contributed by atoms with Crippen LogP contribution in [0, 0.1) is 5.82 Å². The first-order valence-electron chi connectivity index (χ1n) is 6.41. The van der Waals surface area contributed by atoms with Crippen LogP contribution >= 0.6 is 0 Å². The van der Waals surface area contributed by atoms with Crippen LogP contribution in [0.25, 0.3) is 12.2 Å². The molecule has 0 aliphatic heterocycles.